The van der Waals surface area contributed by atoms with Gasteiger partial charge in [0.25, 0.3) is 5.91 Å². The summed E-state index contributed by atoms with van der Waals surface area (Å²) in [6.45, 7) is 1.81. The number of nitrogens with two attached hydrogens (primary N) is 1. The summed E-state index contributed by atoms with van der Waals surface area (Å²) in [7, 11) is 0. The predicted octanol–water partition coefficient (Wildman–Crippen LogP) is 3.23. The number of hydrogen-bond acceptors (Lipinski definition) is 5. The van der Waals surface area contributed by atoms with E-state index in [2.05, 4.69) is 25.7 Å². The molecule has 9 heteroatoms. The fourth-order valence-corrected chi connectivity index (χ4v) is 2.30. The molecule has 1 amide bonds. The molecule has 0 fully saturated rings. The maximum atomic E-state index is 12.4. The number of aliphatic hydroxyl groups excluding tert-OH is 1. The lowest BCUT2D eigenvalue weighted by molar-refractivity contribution is 0.0922. The molecular weight excluding hydrogens is 334 g/mol. The molecule has 0 saturated carbocycles. The van der Waals surface area contributed by atoms with E-state index in [1.807, 2.05) is 24.3 Å². The van der Waals surface area contributed by atoms with Crippen LogP contribution in [0.25, 0.3) is 21.6 Å². The maximum Gasteiger partial charge on any atom is 0.251 e. The molecule has 2 aromatic rings. The van der Waals surface area contributed by atoms with E-state index >= 15 is 0 Å². The van der Waals surface area contributed by atoms with Gasteiger partial charge in [0.05, 0.1) is 18.8 Å². The molecule has 0 aliphatic heterocycles. The number of hydrogen-bond donors (Lipinski definition) is 3. The third-order valence-corrected chi connectivity index (χ3v) is 3.61. The van der Waals surface area contributed by atoms with E-state index in [4.69, 9.17) is 16.5 Å². The van der Waals surface area contributed by atoms with Gasteiger partial charge in [0.1, 0.15) is 0 Å². The Morgan fingerprint density at radius 3 is 2.62 bits per heavy atom. The highest BCUT2D eigenvalue weighted by molar-refractivity contribution is 5.96. The number of nitrogens with zero attached hydrogens (tertiary/aromatic N) is 5. The predicted molar refractivity (Wildman–Crippen MR) is 97.4 cm³/mol. The second-order valence-corrected chi connectivity index (χ2v) is 5.63. The van der Waals surface area contributed by atoms with E-state index < -0.39 is 0 Å². The summed E-state index contributed by atoms with van der Waals surface area (Å²) in [6, 6.07) is 12.1. The molecule has 26 heavy (non-hydrogen) atoms. The molecule has 0 bridgehead atoms. The zero-order valence-corrected chi connectivity index (χ0v) is 14.2. The SMILES string of the molecule is CC(CO)NC(=O)c1cc(N=NN)cc(-c2ccc(CN=[N+]=[N-])cc2)c1. The van der Waals surface area contributed by atoms with Gasteiger partial charge in [-0.2, -0.15) is 0 Å². The van der Waals surface area contributed by atoms with E-state index in [1.54, 1.807) is 25.1 Å². The van der Waals surface area contributed by atoms with Gasteiger partial charge in [-0.25, -0.2) is 0 Å². The minimum atomic E-state index is -0.370. The molecule has 134 valence electrons. The van der Waals surface area contributed by atoms with E-state index in [-0.39, 0.29) is 25.1 Å². The fourth-order valence-electron chi connectivity index (χ4n) is 2.30. The van der Waals surface area contributed by atoms with Crippen LogP contribution in [0.5, 0.6) is 0 Å². The first-order valence-electron chi connectivity index (χ1n) is 7.85. The number of carbonyl (C=O) groups is 1. The lowest BCUT2D eigenvalue weighted by Gasteiger charge is -2.12. The quantitative estimate of drug-likeness (QED) is 0.230. The van der Waals surface area contributed by atoms with Crippen molar-refractivity contribution >= 4 is 11.6 Å². The van der Waals surface area contributed by atoms with Crippen molar-refractivity contribution in [1.82, 2.24) is 5.32 Å². The van der Waals surface area contributed by atoms with Gasteiger partial charge in [0.2, 0.25) is 0 Å². The van der Waals surface area contributed by atoms with Gasteiger partial charge in [-0.3, -0.25) is 4.79 Å². The summed E-state index contributed by atoms with van der Waals surface area (Å²) in [5.41, 5.74) is 11.7. The van der Waals surface area contributed by atoms with Crippen LogP contribution >= 0.6 is 0 Å². The normalized spacial score (nSPS) is 11.8. The molecule has 0 aromatic heterocycles. The Labute approximate surface area is 150 Å². The Morgan fingerprint density at radius 1 is 1.27 bits per heavy atom. The number of rotatable bonds is 7. The summed E-state index contributed by atoms with van der Waals surface area (Å²) in [4.78, 5) is 15.1. The minimum absolute atomic E-state index is 0.159. The first kappa shape index (κ1) is 18.9. The number of amides is 1. The first-order valence-corrected chi connectivity index (χ1v) is 7.85. The summed E-state index contributed by atoms with van der Waals surface area (Å²) in [5.74, 6) is 4.80. The molecule has 4 N–H and O–H groups in total. The van der Waals surface area contributed by atoms with Crippen LogP contribution in [0, 0.1) is 0 Å². The van der Waals surface area contributed by atoms with Crippen molar-refractivity contribution in [3.05, 3.63) is 64.0 Å². The van der Waals surface area contributed by atoms with Crippen molar-refractivity contribution in [3.8, 4) is 11.1 Å². The van der Waals surface area contributed by atoms with Crippen LogP contribution in [0.2, 0.25) is 0 Å². The fraction of sp³-hybridized carbons (Fsp3) is 0.235. The van der Waals surface area contributed by atoms with Crippen LogP contribution in [-0.4, -0.2) is 23.7 Å². The third-order valence-electron chi connectivity index (χ3n) is 3.61. The Morgan fingerprint density at radius 2 is 2.00 bits per heavy atom. The molecule has 0 aliphatic rings. The summed E-state index contributed by atoms with van der Waals surface area (Å²) >= 11 is 0. The van der Waals surface area contributed by atoms with Crippen LogP contribution < -0.4 is 11.2 Å². The van der Waals surface area contributed by atoms with Crippen LogP contribution in [0.1, 0.15) is 22.8 Å². The average Bonchev–Trinajstić information content (AvgIpc) is 2.66. The highest BCUT2D eigenvalue weighted by Gasteiger charge is 2.12. The number of nitrogens with one attached hydrogen (secondary N) is 1. The topological polar surface area (TPSA) is 149 Å². The zero-order chi connectivity index (χ0) is 18.9. The van der Waals surface area contributed by atoms with Gasteiger partial charge in [-0.1, -0.05) is 34.6 Å². The Hall–Kier alpha value is -3.42. The maximum absolute atomic E-state index is 12.4. The van der Waals surface area contributed by atoms with Gasteiger partial charge in [0, 0.05) is 16.5 Å². The molecule has 0 spiro atoms. The van der Waals surface area contributed by atoms with Crippen LogP contribution in [0.15, 0.2) is 57.9 Å². The monoisotopic (exact) mass is 353 g/mol. The number of carbonyl (C=O) groups excluding carboxylic acids is 1. The minimum Gasteiger partial charge on any atom is -0.394 e. The van der Waals surface area contributed by atoms with E-state index in [0.29, 0.717) is 11.3 Å². The Kier molecular flexibility index (Phi) is 6.67. The van der Waals surface area contributed by atoms with Crippen molar-refractivity contribution in [3.63, 3.8) is 0 Å². The Bertz CT molecular complexity index is 843. The number of benzene rings is 2. The molecule has 2 aromatic carbocycles. The van der Waals surface area contributed by atoms with Crippen LogP contribution in [0.4, 0.5) is 5.69 Å². The highest BCUT2D eigenvalue weighted by Crippen LogP contribution is 2.27. The van der Waals surface area contributed by atoms with E-state index in [0.717, 1.165) is 16.7 Å². The first-order chi connectivity index (χ1) is 12.6. The molecule has 1 atom stereocenters. The smallest absolute Gasteiger partial charge is 0.251 e. The van der Waals surface area contributed by atoms with Gasteiger partial charge in [-0.05, 0) is 47.3 Å². The molecule has 9 nitrogen and oxygen atoms in total. The molecule has 0 radical (unpaired) electrons. The second-order valence-electron chi connectivity index (χ2n) is 5.63. The largest absolute Gasteiger partial charge is 0.394 e. The molecule has 0 aliphatic carbocycles. The molecule has 1 unspecified atom stereocenters. The van der Waals surface area contributed by atoms with Gasteiger partial charge >= 0.3 is 0 Å². The summed E-state index contributed by atoms with van der Waals surface area (Å²) in [5, 5.41) is 22.4. The Balaban J connectivity index is 2.37. The number of aliphatic hydroxyl groups is 1. The molecular formula is C17H19N7O2. The van der Waals surface area contributed by atoms with Crippen molar-refractivity contribution in [2.45, 2.75) is 19.5 Å². The zero-order valence-electron chi connectivity index (χ0n) is 14.2. The van der Waals surface area contributed by atoms with Crippen molar-refractivity contribution in [2.24, 2.45) is 21.3 Å². The molecule has 2 rings (SSSR count). The standard InChI is InChI=1S/C17H19N7O2/c1-11(10-25)21-17(26)15-6-14(7-16(8-15)22-24-19)13-4-2-12(3-5-13)9-20-23-18/h2-8,11,25H,9-10H2,1H3,(H2,19,22)(H,21,26). The summed E-state index contributed by atoms with van der Waals surface area (Å²) < 4.78 is 0. The molecule has 0 saturated heterocycles. The van der Waals surface area contributed by atoms with Crippen molar-refractivity contribution in [2.75, 3.05) is 6.61 Å². The highest BCUT2D eigenvalue weighted by atomic mass is 16.3. The van der Waals surface area contributed by atoms with Gasteiger partial charge in [0.15, 0.2) is 0 Å². The molecule has 0 heterocycles. The average molecular weight is 353 g/mol. The lowest BCUT2D eigenvalue weighted by Crippen LogP contribution is -2.34. The number of azide groups is 1. The van der Waals surface area contributed by atoms with Crippen LogP contribution in [-0.2, 0) is 6.54 Å². The van der Waals surface area contributed by atoms with E-state index in [9.17, 15) is 4.79 Å². The van der Waals surface area contributed by atoms with Crippen LogP contribution in [0.3, 0.4) is 0 Å². The second kappa shape index (κ2) is 9.16. The van der Waals surface area contributed by atoms with Crippen molar-refractivity contribution < 1.29 is 9.90 Å². The van der Waals surface area contributed by atoms with Gasteiger partial charge < -0.3 is 16.3 Å². The lowest BCUT2D eigenvalue weighted by atomic mass is 10.0. The van der Waals surface area contributed by atoms with E-state index in [1.165, 1.54) is 0 Å². The van der Waals surface area contributed by atoms with Gasteiger partial charge in [-0.15, -0.1) is 5.11 Å². The summed E-state index contributed by atoms with van der Waals surface area (Å²) in [6.07, 6.45) is 0. The van der Waals surface area contributed by atoms with Crippen molar-refractivity contribution in [1.29, 1.82) is 0 Å². The third kappa shape index (κ3) is 5.04.